The summed E-state index contributed by atoms with van der Waals surface area (Å²) in [5.41, 5.74) is 0. The van der Waals surface area contributed by atoms with Crippen LogP contribution in [0.2, 0.25) is 0 Å². The van der Waals surface area contributed by atoms with Gasteiger partial charge >= 0.3 is 0 Å². The van der Waals surface area contributed by atoms with Gasteiger partial charge in [-0.25, -0.2) is 0 Å². The molecule has 0 nitrogen and oxygen atoms in total. The normalized spacial score (nSPS) is 20.6. The highest BCUT2D eigenvalue weighted by Crippen LogP contribution is 2.35. The van der Waals surface area contributed by atoms with Crippen molar-refractivity contribution in [2.45, 2.75) is 100 Å². The van der Waals surface area contributed by atoms with Gasteiger partial charge in [0.1, 0.15) is 0 Å². The van der Waals surface area contributed by atoms with Crippen LogP contribution in [-0.2, 0) is 0 Å². The number of hydrogen-bond acceptors (Lipinski definition) is 0. The Labute approximate surface area is 136 Å². The van der Waals surface area contributed by atoms with Crippen LogP contribution in [0, 0.1) is 35.5 Å². The summed E-state index contributed by atoms with van der Waals surface area (Å²) in [5.74, 6) is 5.37. The van der Waals surface area contributed by atoms with Crippen LogP contribution in [-0.4, -0.2) is 0 Å². The molecule has 0 heterocycles. The first-order valence-electron chi connectivity index (χ1n) is 9.88. The number of hydrogen-bond donors (Lipinski definition) is 0. The van der Waals surface area contributed by atoms with E-state index in [1.165, 1.54) is 44.9 Å². The Balaban J connectivity index is 4.47. The summed E-state index contributed by atoms with van der Waals surface area (Å²) in [6.45, 7) is 19.4. The van der Waals surface area contributed by atoms with E-state index in [1.807, 2.05) is 0 Å². The third-order valence-electron chi connectivity index (χ3n) is 6.51. The number of unbranched alkanes of at least 4 members (excludes halogenated alkanes) is 1. The Morgan fingerprint density at radius 3 is 1.62 bits per heavy atom. The van der Waals surface area contributed by atoms with Crippen molar-refractivity contribution in [3.05, 3.63) is 0 Å². The van der Waals surface area contributed by atoms with Crippen LogP contribution in [0.4, 0.5) is 0 Å². The molecule has 6 atom stereocenters. The first kappa shape index (κ1) is 21.0. The molecule has 0 aromatic heterocycles. The average molecular weight is 297 g/mol. The zero-order chi connectivity index (χ0) is 16.4. The lowest BCUT2D eigenvalue weighted by Crippen LogP contribution is -2.23. The van der Waals surface area contributed by atoms with Crippen LogP contribution in [0.3, 0.4) is 0 Å². The van der Waals surface area contributed by atoms with Gasteiger partial charge in [0.25, 0.3) is 0 Å². The fraction of sp³-hybridized carbons (Fsp3) is 1.00. The van der Waals surface area contributed by atoms with Gasteiger partial charge in [-0.15, -0.1) is 0 Å². The predicted molar refractivity (Wildman–Crippen MR) is 98.7 cm³/mol. The minimum absolute atomic E-state index is 0.874. The highest BCUT2D eigenvalue weighted by Gasteiger charge is 2.24. The Hall–Kier alpha value is 0. The average Bonchev–Trinajstić information content (AvgIpc) is 2.50. The second-order valence-electron chi connectivity index (χ2n) is 7.97. The summed E-state index contributed by atoms with van der Waals surface area (Å²) in [5, 5.41) is 0. The molecule has 0 fully saturated rings. The van der Waals surface area contributed by atoms with E-state index < -0.39 is 0 Å². The monoisotopic (exact) mass is 296 g/mol. The van der Waals surface area contributed by atoms with Crippen molar-refractivity contribution in [2.24, 2.45) is 35.5 Å². The molecule has 0 bridgehead atoms. The molecule has 0 radical (unpaired) electrons. The van der Waals surface area contributed by atoms with Crippen molar-refractivity contribution in [1.82, 2.24) is 0 Å². The standard InChI is InChI=1S/C21H44/c1-9-12-13-19(7)21(17(5)11-3)15-14-18(6)20(8)16(4)10-2/h16-21H,9-15H2,1-8H3. The summed E-state index contributed by atoms with van der Waals surface area (Å²) in [7, 11) is 0. The van der Waals surface area contributed by atoms with Crippen LogP contribution in [0.5, 0.6) is 0 Å². The van der Waals surface area contributed by atoms with Gasteiger partial charge in [-0.2, -0.15) is 0 Å². The van der Waals surface area contributed by atoms with E-state index in [1.54, 1.807) is 0 Å². The Morgan fingerprint density at radius 2 is 1.14 bits per heavy atom. The minimum atomic E-state index is 0.874. The highest BCUT2D eigenvalue weighted by atomic mass is 14.3. The van der Waals surface area contributed by atoms with Gasteiger partial charge in [-0.05, 0) is 41.9 Å². The molecule has 6 unspecified atom stereocenters. The topological polar surface area (TPSA) is 0 Å². The van der Waals surface area contributed by atoms with Crippen LogP contribution in [0.1, 0.15) is 100 Å². The third-order valence-corrected chi connectivity index (χ3v) is 6.51. The molecule has 0 spiro atoms. The molecule has 0 amide bonds. The fourth-order valence-corrected chi connectivity index (χ4v) is 3.82. The molecule has 0 N–H and O–H groups in total. The molecule has 0 heteroatoms. The third kappa shape index (κ3) is 7.71. The van der Waals surface area contributed by atoms with Crippen molar-refractivity contribution in [1.29, 1.82) is 0 Å². The Morgan fingerprint density at radius 1 is 0.571 bits per heavy atom. The maximum Gasteiger partial charge on any atom is -0.0363 e. The van der Waals surface area contributed by atoms with Crippen molar-refractivity contribution in [3.63, 3.8) is 0 Å². The Bertz CT molecular complexity index is 232. The molecule has 0 aliphatic heterocycles. The highest BCUT2D eigenvalue weighted by molar-refractivity contribution is 4.75. The zero-order valence-electron chi connectivity index (χ0n) is 16.4. The first-order chi connectivity index (χ1) is 9.88. The maximum absolute atomic E-state index is 2.51. The molecule has 128 valence electrons. The van der Waals surface area contributed by atoms with E-state index in [4.69, 9.17) is 0 Å². The molecular formula is C21H44. The molecule has 0 aromatic carbocycles. The summed E-state index contributed by atoms with van der Waals surface area (Å²) in [4.78, 5) is 0. The van der Waals surface area contributed by atoms with E-state index in [0.29, 0.717) is 0 Å². The lowest BCUT2D eigenvalue weighted by Gasteiger charge is -2.32. The fourth-order valence-electron chi connectivity index (χ4n) is 3.82. The minimum Gasteiger partial charge on any atom is -0.0654 e. The molecular weight excluding hydrogens is 252 g/mol. The predicted octanol–water partition coefficient (Wildman–Crippen LogP) is 7.57. The van der Waals surface area contributed by atoms with Crippen LogP contribution >= 0.6 is 0 Å². The quantitative estimate of drug-likeness (QED) is 0.348. The molecule has 0 aromatic rings. The molecule has 21 heavy (non-hydrogen) atoms. The van der Waals surface area contributed by atoms with Crippen LogP contribution < -0.4 is 0 Å². The van der Waals surface area contributed by atoms with Gasteiger partial charge in [-0.3, -0.25) is 0 Å². The van der Waals surface area contributed by atoms with E-state index >= 15 is 0 Å². The van der Waals surface area contributed by atoms with Gasteiger partial charge in [0.05, 0.1) is 0 Å². The van der Waals surface area contributed by atoms with Gasteiger partial charge in [0.2, 0.25) is 0 Å². The largest absolute Gasteiger partial charge is 0.0654 e. The second kappa shape index (κ2) is 11.6. The summed E-state index contributed by atoms with van der Waals surface area (Å²) in [6.07, 6.45) is 9.73. The second-order valence-corrected chi connectivity index (χ2v) is 7.97. The van der Waals surface area contributed by atoms with Crippen LogP contribution in [0.15, 0.2) is 0 Å². The molecule has 0 aliphatic rings. The van der Waals surface area contributed by atoms with E-state index in [0.717, 1.165) is 35.5 Å². The molecule has 0 aliphatic carbocycles. The number of rotatable bonds is 12. The van der Waals surface area contributed by atoms with Gasteiger partial charge in [0.15, 0.2) is 0 Å². The lowest BCUT2D eigenvalue weighted by molar-refractivity contribution is 0.182. The smallest absolute Gasteiger partial charge is 0.0363 e. The molecule has 0 saturated carbocycles. The van der Waals surface area contributed by atoms with Crippen molar-refractivity contribution < 1.29 is 0 Å². The maximum atomic E-state index is 2.51. The first-order valence-corrected chi connectivity index (χ1v) is 9.88. The van der Waals surface area contributed by atoms with Gasteiger partial charge in [-0.1, -0.05) is 93.9 Å². The van der Waals surface area contributed by atoms with E-state index in [-0.39, 0.29) is 0 Å². The van der Waals surface area contributed by atoms with Crippen molar-refractivity contribution >= 4 is 0 Å². The SMILES string of the molecule is CCCCC(C)C(CCC(C)C(C)C(C)CC)C(C)CC. The van der Waals surface area contributed by atoms with Crippen molar-refractivity contribution in [3.8, 4) is 0 Å². The van der Waals surface area contributed by atoms with Gasteiger partial charge in [0, 0.05) is 0 Å². The lowest BCUT2D eigenvalue weighted by atomic mass is 9.74. The molecule has 0 saturated heterocycles. The van der Waals surface area contributed by atoms with E-state index in [2.05, 4.69) is 55.4 Å². The Kier molecular flexibility index (Phi) is 11.6. The van der Waals surface area contributed by atoms with Crippen LogP contribution in [0.25, 0.3) is 0 Å². The van der Waals surface area contributed by atoms with E-state index in [9.17, 15) is 0 Å². The summed E-state index contributed by atoms with van der Waals surface area (Å²) < 4.78 is 0. The molecule has 0 rings (SSSR count). The zero-order valence-corrected chi connectivity index (χ0v) is 16.4. The van der Waals surface area contributed by atoms with Crippen molar-refractivity contribution in [2.75, 3.05) is 0 Å². The summed E-state index contributed by atoms with van der Waals surface area (Å²) >= 11 is 0. The summed E-state index contributed by atoms with van der Waals surface area (Å²) in [6, 6.07) is 0. The van der Waals surface area contributed by atoms with Gasteiger partial charge < -0.3 is 0 Å².